The first-order valence-electron chi connectivity index (χ1n) is 6.55. The Bertz CT molecular complexity index is 468. The molecule has 1 aliphatic carbocycles. The van der Waals surface area contributed by atoms with Crippen LogP contribution in [0.1, 0.15) is 44.1 Å². The molecule has 1 nitrogen and oxygen atoms in total. The Hall–Kier alpha value is -1.50. The highest BCUT2D eigenvalue weighted by Gasteiger charge is 2.23. The molecule has 0 aromatic heterocycles. The Kier molecular flexibility index (Phi) is 2.76. The van der Waals surface area contributed by atoms with Gasteiger partial charge in [-0.3, -0.25) is 5.32 Å². The van der Waals surface area contributed by atoms with Gasteiger partial charge in [-0.2, -0.15) is 0 Å². The van der Waals surface area contributed by atoms with Gasteiger partial charge >= 0.3 is 0 Å². The second kappa shape index (κ2) is 4.40. The smallest absolute Gasteiger partial charge is 0.0482 e. The number of nitrogens with zero attached hydrogens (tertiary/aromatic N) is 1. The average Bonchev–Trinajstić information content (AvgIpc) is 2.82. The monoisotopic (exact) mass is 224 g/mol. The molecule has 0 spiro atoms. The Balaban J connectivity index is 1.80. The molecule has 87 valence electrons. The first kappa shape index (κ1) is 10.6. The summed E-state index contributed by atoms with van der Waals surface area (Å²) in [5, 5.41) is 4.83. The molecule has 2 aliphatic rings. The highest BCUT2D eigenvalue weighted by molar-refractivity contribution is 5.42. The molecule has 1 atom stereocenters. The molecular formula is C16H18N. The van der Waals surface area contributed by atoms with Crippen molar-refractivity contribution in [2.75, 3.05) is 0 Å². The van der Waals surface area contributed by atoms with E-state index in [0.717, 1.165) is 0 Å². The molecule has 0 saturated heterocycles. The lowest BCUT2D eigenvalue weighted by Crippen LogP contribution is -2.08. The van der Waals surface area contributed by atoms with Gasteiger partial charge in [0.1, 0.15) is 0 Å². The fourth-order valence-electron chi connectivity index (χ4n) is 2.70. The number of hydrogen-bond acceptors (Lipinski definition) is 0. The number of allylic oxidation sites excluding steroid dienone is 4. The highest BCUT2D eigenvalue weighted by atomic mass is 14.9. The van der Waals surface area contributed by atoms with E-state index in [0.29, 0.717) is 5.92 Å². The number of hydrogen-bond donors (Lipinski definition) is 0. The van der Waals surface area contributed by atoms with Gasteiger partial charge in [0.25, 0.3) is 0 Å². The van der Waals surface area contributed by atoms with Crippen LogP contribution in [0.5, 0.6) is 0 Å². The summed E-state index contributed by atoms with van der Waals surface area (Å²) >= 11 is 0. The van der Waals surface area contributed by atoms with Crippen LogP contribution in [0.25, 0.3) is 0 Å². The number of benzene rings is 1. The molecular weight excluding hydrogens is 206 g/mol. The molecule has 1 aromatic carbocycles. The normalized spacial score (nSPS) is 20.6. The van der Waals surface area contributed by atoms with Gasteiger partial charge in [-0.25, -0.2) is 0 Å². The minimum absolute atomic E-state index is 0.418. The molecule has 3 rings (SSSR count). The van der Waals surface area contributed by atoms with Gasteiger partial charge in [0, 0.05) is 17.3 Å². The summed E-state index contributed by atoms with van der Waals surface area (Å²) in [6.45, 7) is 2.25. The van der Waals surface area contributed by atoms with Crippen LogP contribution in [-0.4, -0.2) is 0 Å². The molecule has 1 aromatic rings. The number of rotatable bonds is 2. The molecule has 1 heterocycles. The fourth-order valence-corrected chi connectivity index (χ4v) is 2.70. The first-order chi connectivity index (χ1) is 8.34. The minimum Gasteiger partial charge on any atom is -0.257 e. The Labute approximate surface area is 103 Å². The highest BCUT2D eigenvalue weighted by Crippen LogP contribution is 2.35. The zero-order chi connectivity index (χ0) is 11.7. The van der Waals surface area contributed by atoms with E-state index in [1.165, 1.54) is 48.2 Å². The van der Waals surface area contributed by atoms with Crippen molar-refractivity contribution < 1.29 is 0 Å². The summed E-state index contributed by atoms with van der Waals surface area (Å²) in [7, 11) is 0. The van der Waals surface area contributed by atoms with E-state index in [2.05, 4.69) is 43.3 Å². The third kappa shape index (κ3) is 2.02. The van der Waals surface area contributed by atoms with Gasteiger partial charge in [0.2, 0.25) is 0 Å². The largest absolute Gasteiger partial charge is 0.257 e. The maximum atomic E-state index is 4.83. The van der Waals surface area contributed by atoms with Crippen LogP contribution in [0.15, 0.2) is 53.4 Å². The van der Waals surface area contributed by atoms with Crippen LogP contribution in [0, 0.1) is 0 Å². The van der Waals surface area contributed by atoms with Crippen LogP contribution in [0.4, 0.5) is 0 Å². The van der Waals surface area contributed by atoms with Gasteiger partial charge in [-0.05, 0) is 42.9 Å². The van der Waals surface area contributed by atoms with Crippen molar-refractivity contribution in [3.05, 3.63) is 58.9 Å². The zero-order valence-electron chi connectivity index (χ0n) is 10.3. The van der Waals surface area contributed by atoms with Gasteiger partial charge in [-0.15, -0.1) is 0 Å². The molecule has 1 aliphatic heterocycles. The quantitative estimate of drug-likeness (QED) is 0.717. The minimum atomic E-state index is 0.418. The lowest BCUT2D eigenvalue weighted by atomic mass is 9.96. The van der Waals surface area contributed by atoms with Crippen LogP contribution in [0.3, 0.4) is 0 Å². The molecule has 17 heavy (non-hydrogen) atoms. The predicted molar refractivity (Wildman–Crippen MR) is 70.6 cm³/mol. The summed E-state index contributed by atoms with van der Waals surface area (Å²) in [4.78, 5) is 0. The van der Waals surface area contributed by atoms with Gasteiger partial charge in [-0.1, -0.05) is 37.3 Å². The Morgan fingerprint density at radius 3 is 2.59 bits per heavy atom. The summed E-state index contributed by atoms with van der Waals surface area (Å²) in [6, 6.07) is 10.7. The standard InChI is InChI=1S/C16H18N/c1-12(13-7-3-2-4-8-13)16-11-14-9-5-6-10-15(14)17-16/h2-4,7-8,11-12H,5-6,9-10H2,1H3. The molecule has 0 bridgehead atoms. The molecule has 0 amide bonds. The molecule has 1 unspecified atom stereocenters. The van der Waals surface area contributed by atoms with Gasteiger partial charge in [0.05, 0.1) is 0 Å². The lowest BCUT2D eigenvalue weighted by Gasteiger charge is -2.15. The van der Waals surface area contributed by atoms with Gasteiger partial charge < -0.3 is 0 Å². The van der Waals surface area contributed by atoms with Crippen molar-refractivity contribution in [3.63, 3.8) is 0 Å². The van der Waals surface area contributed by atoms with Gasteiger partial charge in [0.15, 0.2) is 0 Å². The van der Waals surface area contributed by atoms with Crippen molar-refractivity contribution in [1.82, 2.24) is 5.32 Å². The second-order valence-electron chi connectivity index (χ2n) is 4.99. The second-order valence-corrected chi connectivity index (χ2v) is 4.99. The average molecular weight is 224 g/mol. The van der Waals surface area contributed by atoms with E-state index >= 15 is 0 Å². The molecule has 0 saturated carbocycles. The van der Waals surface area contributed by atoms with Crippen LogP contribution < -0.4 is 5.32 Å². The first-order valence-corrected chi connectivity index (χ1v) is 6.55. The van der Waals surface area contributed by atoms with Crippen molar-refractivity contribution >= 4 is 0 Å². The van der Waals surface area contributed by atoms with E-state index in [1.807, 2.05) is 0 Å². The van der Waals surface area contributed by atoms with E-state index in [9.17, 15) is 0 Å². The van der Waals surface area contributed by atoms with Crippen LogP contribution >= 0.6 is 0 Å². The van der Waals surface area contributed by atoms with E-state index in [1.54, 1.807) is 0 Å². The Morgan fingerprint density at radius 2 is 1.82 bits per heavy atom. The van der Waals surface area contributed by atoms with Crippen LogP contribution in [0.2, 0.25) is 0 Å². The van der Waals surface area contributed by atoms with Crippen molar-refractivity contribution in [1.29, 1.82) is 0 Å². The third-order valence-corrected chi connectivity index (χ3v) is 3.81. The maximum absolute atomic E-state index is 4.83. The van der Waals surface area contributed by atoms with Crippen molar-refractivity contribution in [2.24, 2.45) is 0 Å². The Morgan fingerprint density at radius 1 is 1.06 bits per heavy atom. The van der Waals surface area contributed by atoms with Crippen molar-refractivity contribution in [2.45, 2.75) is 38.5 Å². The van der Waals surface area contributed by atoms with E-state index in [4.69, 9.17) is 5.32 Å². The predicted octanol–water partition coefficient (Wildman–Crippen LogP) is 4.12. The zero-order valence-corrected chi connectivity index (χ0v) is 10.3. The van der Waals surface area contributed by atoms with E-state index < -0.39 is 0 Å². The van der Waals surface area contributed by atoms with E-state index in [-0.39, 0.29) is 0 Å². The summed E-state index contributed by atoms with van der Waals surface area (Å²) in [6.07, 6.45) is 7.37. The summed E-state index contributed by atoms with van der Waals surface area (Å²) in [5.41, 5.74) is 5.47. The molecule has 0 N–H and O–H groups in total. The third-order valence-electron chi connectivity index (χ3n) is 3.81. The molecule has 1 radical (unpaired) electrons. The molecule has 1 heteroatoms. The lowest BCUT2D eigenvalue weighted by molar-refractivity contribution is 0.653. The maximum Gasteiger partial charge on any atom is 0.0482 e. The van der Waals surface area contributed by atoms with Crippen molar-refractivity contribution in [3.8, 4) is 0 Å². The topological polar surface area (TPSA) is 14.1 Å². The fraction of sp³-hybridized carbons (Fsp3) is 0.375. The summed E-state index contributed by atoms with van der Waals surface area (Å²) in [5.74, 6) is 0.418. The SMILES string of the molecule is CC(C1=CC2=C(CCCC2)[N]1)c1ccccc1. The molecule has 0 fully saturated rings. The van der Waals surface area contributed by atoms with Crippen LogP contribution in [-0.2, 0) is 0 Å². The summed E-state index contributed by atoms with van der Waals surface area (Å²) < 4.78 is 0.